The summed E-state index contributed by atoms with van der Waals surface area (Å²) in [6.45, 7) is 0.502. The molecular weight excluding hydrogens is 281 g/mol. The molecule has 0 aliphatic heterocycles. The minimum atomic E-state index is 0.0902. The third kappa shape index (κ3) is 3.41. The van der Waals surface area contributed by atoms with Crippen molar-refractivity contribution >= 4 is 23.2 Å². The van der Waals surface area contributed by atoms with Crippen molar-refractivity contribution < 1.29 is 5.11 Å². The van der Waals surface area contributed by atoms with Crippen molar-refractivity contribution in [1.82, 2.24) is 0 Å². The van der Waals surface area contributed by atoms with Gasteiger partial charge in [-0.2, -0.15) is 0 Å². The standard InChI is InChI=1S/C15H15Cl2NO/c16-13-4-2-1-3-12(13)11(9-18)7-10-5-6-15(19)14(17)8-10/h1-6,8,11,19H,7,9,18H2. The molecule has 100 valence electrons. The molecule has 0 heterocycles. The third-order valence-electron chi connectivity index (χ3n) is 3.12. The van der Waals surface area contributed by atoms with Gasteiger partial charge in [0.05, 0.1) is 5.02 Å². The van der Waals surface area contributed by atoms with Crippen LogP contribution in [0.1, 0.15) is 17.0 Å². The number of phenolic OH excluding ortho intramolecular Hbond substituents is 1. The van der Waals surface area contributed by atoms with Gasteiger partial charge in [0.15, 0.2) is 0 Å². The molecule has 2 rings (SSSR count). The molecular formula is C15H15Cl2NO. The SMILES string of the molecule is NCC(Cc1ccc(O)c(Cl)c1)c1ccccc1Cl. The number of halogens is 2. The highest BCUT2D eigenvalue weighted by molar-refractivity contribution is 6.32. The number of hydrogen-bond acceptors (Lipinski definition) is 2. The summed E-state index contributed by atoms with van der Waals surface area (Å²) in [5, 5.41) is 10.5. The van der Waals surface area contributed by atoms with E-state index in [0.717, 1.165) is 22.6 Å². The molecule has 0 aliphatic carbocycles. The van der Waals surface area contributed by atoms with Crippen LogP contribution in [0.15, 0.2) is 42.5 Å². The maximum absolute atomic E-state index is 9.42. The summed E-state index contributed by atoms with van der Waals surface area (Å²) in [6.07, 6.45) is 0.736. The summed E-state index contributed by atoms with van der Waals surface area (Å²) in [5.41, 5.74) is 7.91. The van der Waals surface area contributed by atoms with Crippen LogP contribution in [0.2, 0.25) is 10.0 Å². The third-order valence-corrected chi connectivity index (χ3v) is 3.77. The van der Waals surface area contributed by atoms with Gasteiger partial charge in [0, 0.05) is 10.9 Å². The van der Waals surface area contributed by atoms with E-state index in [9.17, 15) is 5.11 Å². The molecule has 0 radical (unpaired) electrons. The first-order valence-electron chi connectivity index (χ1n) is 6.03. The van der Waals surface area contributed by atoms with Crippen molar-refractivity contribution in [3.8, 4) is 5.75 Å². The van der Waals surface area contributed by atoms with E-state index in [2.05, 4.69) is 0 Å². The lowest BCUT2D eigenvalue weighted by molar-refractivity contribution is 0.475. The van der Waals surface area contributed by atoms with Gasteiger partial charge in [-0.15, -0.1) is 0 Å². The Kier molecular flexibility index (Phi) is 4.70. The van der Waals surface area contributed by atoms with Crippen molar-refractivity contribution in [2.45, 2.75) is 12.3 Å². The average Bonchev–Trinajstić information content (AvgIpc) is 2.41. The maximum atomic E-state index is 9.42. The number of phenols is 1. The summed E-state index contributed by atoms with van der Waals surface area (Å²) in [4.78, 5) is 0. The first-order valence-corrected chi connectivity index (χ1v) is 6.79. The molecule has 1 atom stereocenters. The molecule has 2 nitrogen and oxygen atoms in total. The topological polar surface area (TPSA) is 46.2 Å². The van der Waals surface area contributed by atoms with Gasteiger partial charge < -0.3 is 10.8 Å². The van der Waals surface area contributed by atoms with Crippen LogP contribution in [0, 0.1) is 0 Å². The Hall–Kier alpha value is -1.22. The molecule has 0 amide bonds. The lowest BCUT2D eigenvalue weighted by Gasteiger charge is -2.17. The van der Waals surface area contributed by atoms with Gasteiger partial charge in [0.25, 0.3) is 0 Å². The van der Waals surface area contributed by atoms with E-state index in [1.54, 1.807) is 12.1 Å². The van der Waals surface area contributed by atoms with Gasteiger partial charge in [0.2, 0.25) is 0 Å². The number of nitrogens with two attached hydrogens (primary N) is 1. The lowest BCUT2D eigenvalue weighted by atomic mass is 9.92. The Morgan fingerprint density at radius 1 is 1.05 bits per heavy atom. The summed E-state index contributed by atoms with van der Waals surface area (Å²) in [6, 6.07) is 12.9. The molecule has 0 spiro atoms. The quantitative estimate of drug-likeness (QED) is 0.896. The van der Waals surface area contributed by atoms with Gasteiger partial charge in [-0.05, 0) is 42.3 Å². The fourth-order valence-corrected chi connectivity index (χ4v) is 2.58. The van der Waals surface area contributed by atoms with E-state index in [-0.39, 0.29) is 11.7 Å². The second-order valence-corrected chi connectivity index (χ2v) is 5.26. The van der Waals surface area contributed by atoms with Crippen LogP contribution in [0.25, 0.3) is 0 Å². The van der Waals surface area contributed by atoms with Crippen molar-refractivity contribution in [2.24, 2.45) is 5.73 Å². The normalized spacial score (nSPS) is 12.4. The molecule has 0 bridgehead atoms. The Bertz CT molecular complexity index is 572. The maximum Gasteiger partial charge on any atom is 0.134 e. The highest BCUT2D eigenvalue weighted by atomic mass is 35.5. The van der Waals surface area contributed by atoms with E-state index >= 15 is 0 Å². The molecule has 0 saturated carbocycles. The summed E-state index contributed by atoms with van der Waals surface area (Å²) in [5.74, 6) is 0.224. The van der Waals surface area contributed by atoms with Crippen LogP contribution in [0.4, 0.5) is 0 Å². The van der Waals surface area contributed by atoms with Crippen molar-refractivity contribution in [2.75, 3.05) is 6.54 Å². The van der Waals surface area contributed by atoms with Crippen LogP contribution in [-0.4, -0.2) is 11.7 Å². The smallest absolute Gasteiger partial charge is 0.134 e. The largest absolute Gasteiger partial charge is 0.506 e. The Morgan fingerprint density at radius 3 is 2.42 bits per heavy atom. The fraction of sp³-hybridized carbons (Fsp3) is 0.200. The summed E-state index contributed by atoms with van der Waals surface area (Å²) in [7, 11) is 0. The highest BCUT2D eigenvalue weighted by Gasteiger charge is 2.14. The van der Waals surface area contributed by atoms with Crippen molar-refractivity contribution in [3.63, 3.8) is 0 Å². The predicted molar refractivity (Wildman–Crippen MR) is 80.1 cm³/mol. The number of hydrogen-bond donors (Lipinski definition) is 2. The molecule has 0 aromatic heterocycles. The van der Waals surface area contributed by atoms with Crippen LogP contribution in [-0.2, 0) is 6.42 Å². The molecule has 2 aromatic carbocycles. The van der Waals surface area contributed by atoms with Crippen LogP contribution >= 0.6 is 23.2 Å². The lowest BCUT2D eigenvalue weighted by Crippen LogP contribution is -2.15. The number of aromatic hydroxyl groups is 1. The Labute approximate surface area is 122 Å². The summed E-state index contributed by atoms with van der Waals surface area (Å²) < 4.78 is 0. The Morgan fingerprint density at radius 2 is 1.79 bits per heavy atom. The van der Waals surface area contributed by atoms with Crippen LogP contribution < -0.4 is 5.73 Å². The molecule has 19 heavy (non-hydrogen) atoms. The van der Waals surface area contributed by atoms with Gasteiger partial charge >= 0.3 is 0 Å². The monoisotopic (exact) mass is 295 g/mol. The zero-order chi connectivity index (χ0) is 13.8. The highest BCUT2D eigenvalue weighted by Crippen LogP contribution is 2.29. The molecule has 2 aromatic rings. The van der Waals surface area contributed by atoms with E-state index in [0.29, 0.717) is 11.6 Å². The summed E-state index contributed by atoms with van der Waals surface area (Å²) >= 11 is 12.1. The van der Waals surface area contributed by atoms with Gasteiger partial charge in [0.1, 0.15) is 5.75 Å². The zero-order valence-corrected chi connectivity index (χ0v) is 11.8. The first-order chi connectivity index (χ1) is 9.11. The minimum absolute atomic E-state index is 0.0902. The molecule has 3 N–H and O–H groups in total. The van der Waals surface area contributed by atoms with Gasteiger partial charge in [-0.3, -0.25) is 0 Å². The first kappa shape index (κ1) is 14.2. The van der Waals surface area contributed by atoms with E-state index < -0.39 is 0 Å². The molecule has 0 saturated heterocycles. The van der Waals surface area contributed by atoms with Crippen LogP contribution in [0.3, 0.4) is 0 Å². The van der Waals surface area contributed by atoms with E-state index in [1.165, 1.54) is 0 Å². The fourth-order valence-electron chi connectivity index (χ4n) is 2.09. The molecule has 4 heteroatoms. The predicted octanol–water partition coefficient (Wildman–Crippen LogP) is 3.98. The second-order valence-electron chi connectivity index (χ2n) is 4.44. The van der Waals surface area contributed by atoms with Crippen molar-refractivity contribution in [1.29, 1.82) is 0 Å². The molecule has 1 unspecified atom stereocenters. The molecule has 0 fully saturated rings. The molecule has 0 aliphatic rings. The van der Waals surface area contributed by atoms with E-state index in [1.807, 2.05) is 30.3 Å². The van der Waals surface area contributed by atoms with Crippen LogP contribution in [0.5, 0.6) is 5.75 Å². The van der Waals surface area contributed by atoms with Crippen molar-refractivity contribution in [3.05, 3.63) is 63.6 Å². The average molecular weight is 296 g/mol. The van der Waals surface area contributed by atoms with Gasteiger partial charge in [-0.25, -0.2) is 0 Å². The number of rotatable bonds is 4. The van der Waals surface area contributed by atoms with Gasteiger partial charge in [-0.1, -0.05) is 47.5 Å². The second kappa shape index (κ2) is 6.29. The minimum Gasteiger partial charge on any atom is -0.506 e. The Balaban J connectivity index is 2.24. The number of benzene rings is 2. The van der Waals surface area contributed by atoms with E-state index in [4.69, 9.17) is 28.9 Å². The zero-order valence-electron chi connectivity index (χ0n) is 10.3.